The van der Waals surface area contributed by atoms with Crippen molar-refractivity contribution in [2.24, 2.45) is 0 Å². The van der Waals surface area contributed by atoms with Crippen molar-refractivity contribution in [2.45, 2.75) is 61.4 Å². The lowest BCUT2D eigenvalue weighted by atomic mass is 9.91. The predicted molar refractivity (Wildman–Crippen MR) is 176 cm³/mol. The average Bonchev–Trinajstić information content (AvgIpc) is 3.68. The molecule has 0 aliphatic carbocycles. The van der Waals surface area contributed by atoms with Gasteiger partial charge in [-0.05, 0) is 68.7 Å². The third-order valence-corrected chi connectivity index (χ3v) is 13.7. The van der Waals surface area contributed by atoms with Crippen LogP contribution in [-0.4, -0.2) is 88.4 Å². The van der Waals surface area contributed by atoms with Crippen LogP contribution in [0.4, 0.5) is 14.6 Å². The highest BCUT2D eigenvalue weighted by atomic mass is 32.2. The molecule has 12 heteroatoms. The van der Waals surface area contributed by atoms with Gasteiger partial charge in [0.25, 0.3) is 0 Å². The number of alkyl halides is 1. The maximum absolute atomic E-state index is 16.8. The van der Waals surface area contributed by atoms with Gasteiger partial charge in [0.15, 0.2) is 15.7 Å². The van der Waals surface area contributed by atoms with Crippen LogP contribution in [0.3, 0.4) is 0 Å². The Hall–Kier alpha value is -4.08. The van der Waals surface area contributed by atoms with Gasteiger partial charge in [0.05, 0.1) is 21.4 Å². The Morgan fingerprint density at radius 1 is 1.11 bits per heavy atom. The van der Waals surface area contributed by atoms with E-state index in [0.717, 1.165) is 19.4 Å². The van der Waals surface area contributed by atoms with E-state index in [-0.39, 0.29) is 35.3 Å². The summed E-state index contributed by atoms with van der Waals surface area (Å²) in [4.78, 5) is 17.9. The number of phenolic OH excluding ortho intramolecular Hbond substituents is 1. The highest BCUT2D eigenvalue weighted by Gasteiger charge is 2.50. The number of piperidine rings is 1. The summed E-state index contributed by atoms with van der Waals surface area (Å²) in [6, 6.07) is 8.27. The molecule has 1 N–H and O–H groups in total. The van der Waals surface area contributed by atoms with Crippen LogP contribution in [0.5, 0.6) is 11.8 Å². The van der Waals surface area contributed by atoms with Gasteiger partial charge in [0.2, 0.25) is 0 Å². The molecule has 2 aromatic heterocycles. The second-order valence-electron chi connectivity index (χ2n) is 13.5. The SMILES string of the molecule is C#Cc1cccc2cc(O)cc(-c3ncc4c(N5CCC6(CCCS6(=O)=O)CC5)nc(OC[C@@]56CCCN5C[C@H](F)C6)nc4c3F)c12. The van der Waals surface area contributed by atoms with Crippen molar-refractivity contribution in [1.82, 2.24) is 19.9 Å². The summed E-state index contributed by atoms with van der Waals surface area (Å²) < 4.78 is 62.8. The van der Waals surface area contributed by atoms with Gasteiger partial charge in [0, 0.05) is 48.8 Å². The van der Waals surface area contributed by atoms with E-state index in [1.54, 1.807) is 24.3 Å². The number of rotatable bonds is 5. The molecule has 0 radical (unpaired) electrons. The Morgan fingerprint density at radius 2 is 1.94 bits per heavy atom. The van der Waals surface area contributed by atoms with Gasteiger partial charge in [-0.1, -0.05) is 18.1 Å². The van der Waals surface area contributed by atoms with Crippen molar-refractivity contribution >= 4 is 37.3 Å². The number of halogens is 2. The fourth-order valence-corrected chi connectivity index (χ4v) is 10.7. The van der Waals surface area contributed by atoms with Crippen LogP contribution >= 0.6 is 0 Å². The number of nitrogens with zero attached hydrogens (tertiary/aromatic N) is 5. The van der Waals surface area contributed by atoms with E-state index in [1.165, 1.54) is 12.3 Å². The molecule has 4 saturated heterocycles. The molecule has 2 atom stereocenters. The predicted octanol–water partition coefficient (Wildman–Crippen LogP) is 5.17. The molecule has 2 aromatic carbocycles. The lowest BCUT2D eigenvalue weighted by Gasteiger charge is -2.39. The zero-order valence-corrected chi connectivity index (χ0v) is 26.7. The first-order chi connectivity index (χ1) is 22.6. The van der Waals surface area contributed by atoms with E-state index in [2.05, 4.69) is 20.8 Å². The molecule has 4 aromatic rings. The molecular weight excluding hydrogens is 624 g/mol. The molecule has 4 aliphatic heterocycles. The number of anilines is 1. The summed E-state index contributed by atoms with van der Waals surface area (Å²) in [5, 5.41) is 12.1. The molecular formula is C35H35F2N5O4S. The number of phenols is 1. The first-order valence-corrected chi connectivity index (χ1v) is 17.9. The number of pyridine rings is 1. The maximum atomic E-state index is 16.8. The average molecular weight is 660 g/mol. The molecule has 4 fully saturated rings. The third-order valence-electron chi connectivity index (χ3n) is 10.9. The Balaban J connectivity index is 1.24. The molecule has 47 heavy (non-hydrogen) atoms. The zero-order chi connectivity index (χ0) is 32.6. The highest BCUT2D eigenvalue weighted by Crippen LogP contribution is 2.44. The Bertz CT molecular complexity index is 2080. The smallest absolute Gasteiger partial charge is 0.319 e. The van der Waals surface area contributed by atoms with Gasteiger partial charge in [-0.2, -0.15) is 9.97 Å². The topological polar surface area (TPSA) is 109 Å². The number of ether oxygens (including phenoxy) is 1. The first kappa shape index (κ1) is 30.3. The fourth-order valence-electron chi connectivity index (χ4n) is 8.53. The van der Waals surface area contributed by atoms with Gasteiger partial charge < -0.3 is 14.7 Å². The summed E-state index contributed by atoms with van der Waals surface area (Å²) in [6.45, 7) is 2.16. The van der Waals surface area contributed by atoms with E-state index in [9.17, 15) is 17.9 Å². The monoisotopic (exact) mass is 659 g/mol. The molecule has 0 saturated carbocycles. The van der Waals surface area contributed by atoms with E-state index in [1.807, 2.05) is 4.90 Å². The second kappa shape index (κ2) is 11.0. The molecule has 6 heterocycles. The summed E-state index contributed by atoms with van der Waals surface area (Å²) in [7, 11) is -3.19. The summed E-state index contributed by atoms with van der Waals surface area (Å²) in [5.74, 6) is 2.48. The lowest BCUT2D eigenvalue weighted by Crippen LogP contribution is -2.47. The van der Waals surface area contributed by atoms with Crippen molar-refractivity contribution in [3.05, 3.63) is 47.9 Å². The minimum Gasteiger partial charge on any atom is -0.508 e. The number of benzene rings is 2. The summed E-state index contributed by atoms with van der Waals surface area (Å²) in [5.41, 5.74) is 0.332. The minimum absolute atomic E-state index is 0.0194. The van der Waals surface area contributed by atoms with Gasteiger partial charge >= 0.3 is 6.01 Å². The minimum atomic E-state index is -3.19. The molecule has 8 rings (SSSR count). The van der Waals surface area contributed by atoms with Crippen molar-refractivity contribution in [3.8, 4) is 35.4 Å². The van der Waals surface area contributed by atoms with Gasteiger partial charge in [-0.25, -0.2) is 17.2 Å². The fraction of sp³-hybridized carbons (Fsp3) is 0.457. The lowest BCUT2D eigenvalue weighted by molar-refractivity contribution is 0.107. The van der Waals surface area contributed by atoms with Crippen LogP contribution in [0.15, 0.2) is 36.5 Å². The number of sulfone groups is 1. The Morgan fingerprint density at radius 3 is 2.70 bits per heavy atom. The number of aromatic hydroxyl groups is 1. The number of fused-ring (bicyclic) bond motifs is 3. The molecule has 0 unspecified atom stereocenters. The second-order valence-corrected chi connectivity index (χ2v) is 16.0. The van der Waals surface area contributed by atoms with E-state index < -0.39 is 32.1 Å². The van der Waals surface area contributed by atoms with Gasteiger partial charge in [-0.15, -0.1) is 6.42 Å². The molecule has 0 bridgehead atoms. The summed E-state index contributed by atoms with van der Waals surface area (Å²) >= 11 is 0. The van der Waals surface area contributed by atoms with Gasteiger partial charge in [0.1, 0.15) is 35.6 Å². The van der Waals surface area contributed by atoms with Crippen molar-refractivity contribution in [1.29, 1.82) is 0 Å². The van der Waals surface area contributed by atoms with E-state index in [0.29, 0.717) is 84.8 Å². The Kier molecular flexibility index (Phi) is 7.08. The van der Waals surface area contributed by atoms with E-state index in [4.69, 9.17) is 16.1 Å². The van der Waals surface area contributed by atoms with Crippen molar-refractivity contribution in [3.63, 3.8) is 0 Å². The molecule has 0 amide bonds. The number of aromatic nitrogens is 3. The van der Waals surface area contributed by atoms with Crippen molar-refractivity contribution in [2.75, 3.05) is 43.4 Å². The number of hydrogen-bond donors (Lipinski definition) is 1. The van der Waals surface area contributed by atoms with Crippen LogP contribution in [0, 0.1) is 18.2 Å². The van der Waals surface area contributed by atoms with Crippen LogP contribution in [0.25, 0.3) is 32.9 Å². The molecule has 1 spiro atoms. The third kappa shape index (κ3) is 4.80. The largest absolute Gasteiger partial charge is 0.508 e. The first-order valence-electron chi connectivity index (χ1n) is 16.2. The number of terminal acetylenes is 1. The van der Waals surface area contributed by atoms with Gasteiger partial charge in [-0.3, -0.25) is 9.88 Å². The van der Waals surface area contributed by atoms with Crippen molar-refractivity contribution < 1.29 is 27.0 Å². The van der Waals surface area contributed by atoms with E-state index >= 15 is 4.39 Å². The molecule has 4 aliphatic rings. The van der Waals surface area contributed by atoms with Crippen LogP contribution in [-0.2, 0) is 9.84 Å². The molecule has 244 valence electrons. The molecule has 9 nitrogen and oxygen atoms in total. The maximum Gasteiger partial charge on any atom is 0.319 e. The number of hydrogen-bond acceptors (Lipinski definition) is 9. The Labute approximate surface area is 271 Å². The quantitative estimate of drug-likeness (QED) is 0.290. The van der Waals surface area contributed by atoms with Crippen LogP contribution < -0.4 is 9.64 Å². The standard InChI is InChI=1S/C35H35F2N5O4S/c1-2-22-6-3-7-23-16-25(43)17-26(28(22)23)30-29(37)31-27(19-38-30)32(41-13-10-35(11-14-41)9-5-15-47(35,44)45)40-33(39-31)46-21-34-8-4-12-42(34)20-24(36)18-34/h1,3,6-7,16-17,19,24,43H,4-5,8-15,18,20-21H2/t24-,34+/m1/s1. The van der Waals surface area contributed by atoms with Crippen LogP contribution in [0.2, 0.25) is 0 Å². The zero-order valence-electron chi connectivity index (χ0n) is 25.9. The van der Waals surface area contributed by atoms with Crippen LogP contribution in [0.1, 0.15) is 50.5 Å². The summed E-state index contributed by atoms with van der Waals surface area (Å²) in [6.07, 6.45) is 10.7. The normalized spacial score (nSPS) is 25.0. The highest BCUT2D eigenvalue weighted by molar-refractivity contribution is 7.93.